The molecule has 1 saturated heterocycles. The lowest BCUT2D eigenvalue weighted by molar-refractivity contribution is -0.0918. The summed E-state index contributed by atoms with van der Waals surface area (Å²) in [5, 5.41) is 0. The summed E-state index contributed by atoms with van der Waals surface area (Å²) in [5.41, 5.74) is 3.27. The number of likely N-dealkylation sites (tertiary alicyclic amines) is 1. The molecule has 0 spiro atoms. The van der Waals surface area contributed by atoms with E-state index in [2.05, 4.69) is 87.3 Å². The van der Waals surface area contributed by atoms with Gasteiger partial charge in [-0.05, 0) is 58.3 Å². The second kappa shape index (κ2) is 7.72. The highest BCUT2D eigenvalue weighted by atomic mass is 16.5. The van der Waals surface area contributed by atoms with Crippen molar-refractivity contribution in [2.75, 3.05) is 13.6 Å². The van der Waals surface area contributed by atoms with E-state index in [0.717, 1.165) is 0 Å². The highest BCUT2D eigenvalue weighted by molar-refractivity contribution is 5.37. The van der Waals surface area contributed by atoms with Crippen molar-refractivity contribution in [1.29, 1.82) is 0 Å². The first-order chi connectivity index (χ1) is 12.0. The Bertz CT molecular complexity index is 666. The Labute approximate surface area is 152 Å². The van der Waals surface area contributed by atoms with Crippen molar-refractivity contribution in [1.82, 2.24) is 4.90 Å². The molecule has 0 saturated carbocycles. The first-order valence-corrected chi connectivity index (χ1v) is 9.51. The molecule has 2 aromatic carbocycles. The predicted octanol–water partition coefficient (Wildman–Crippen LogP) is 5.15. The Morgan fingerprint density at radius 2 is 1.64 bits per heavy atom. The van der Waals surface area contributed by atoms with Crippen LogP contribution in [0.5, 0.6) is 0 Å². The van der Waals surface area contributed by atoms with E-state index in [4.69, 9.17) is 4.74 Å². The van der Waals surface area contributed by atoms with E-state index in [1.165, 1.54) is 42.5 Å². The molecule has 134 valence electrons. The third-order valence-corrected chi connectivity index (χ3v) is 5.72. The Hall–Kier alpha value is -1.64. The van der Waals surface area contributed by atoms with E-state index in [9.17, 15) is 0 Å². The first kappa shape index (κ1) is 18.2. The summed E-state index contributed by atoms with van der Waals surface area (Å²) in [4.78, 5) is 2.47. The van der Waals surface area contributed by atoms with Gasteiger partial charge in [0.1, 0.15) is 5.60 Å². The number of piperidine rings is 1. The second-order valence-electron chi connectivity index (χ2n) is 7.63. The van der Waals surface area contributed by atoms with Crippen molar-refractivity contribution >= 4 is 0 Å². The SMILES string of the molecule is Cc1ccc(C(C)(OC(C)C2CCCCN2C)c2ccccc2)cc1. The van der Waals surface area contributed by atoms with Gasteiger partial charge in [-0.15, -0.1) is 0 Å². The molecule has 1 fully saturated rings. The molecule has 1 heterocycles. The lowest BCUT2D eigenvalue weighted by atomic mass is 9.86. The quantitative estimate of drug-likeness (QED) is 0.748. The summed E-state index contributed by atoms with van der Waals surface area (Å²) in [5.74, 6) is 0. The molecule has 2 nitrogen and oxygen atoms in total. The van der Waals surface area contributed by atoms with E-state index in [-0.39, 0.29) is 6.10 Å². The Kier molecular flexibility index (Phi) is 5.61. The first-order valence-electron chi connectivity index (χ1n) is 9.51. The molecule has 0 N–H and O–H groups in total. The van der Waals surface area contributed by atoms with Gasteiger partial charge >= 0.3 is 0 Å². The Morgan fingerprint density at radius 1 is 1.00 bits per heavy atom. The van der Waals surface area contributed by atoms with Crippen LogP contribution in [-0.4, -0.2) is 30.6 Å². The van der Waals surface area contributed by atoms with Crippen molar-refractivity contribution in [3.63, 3.8) is 0 Å². The van der Waals surface area contributed by atoms with Crippen molar-refractivity contribution in [3.8, 4) is 0 Å². The monoisotopic (exact) mass is 337 g/mol. The van der Waals surface area contributed by atoms with Gasteiger partial charge in [-0.1, -0.05) is 66.6 Å². The van der Waals surface area contributed by atoms with E-state index >= 15 is 0 Å². The van der Waals surface area contributed by atoms with Gasteiger partial charge in [0.05, 0.1) is 6.10 Å². The summed E-state index contributed by atoms with van der Waals surface area (Å²) in [6.45, 7) is 7.75. The molecule has 0 amide bonds. The fourth-order valence-corrected chi connectivity index (χ4v) is 4.07. The molecule has 0 aliphatic carbocycles. The maximum atomic E-state index is 6.82. The van der Waals surface area contributed by atoms with E-state index in [1.54, 1.807) is 0 Å². The number of hydrogen-bond acceptors (Lipinski definition) is 2. The van der Waals surface area contributed by atoms with Crippen molar-refractivity contribution in [2.24, 2.45) is 0 Å². The van der Waals surface area contributed by atoms with Crippen LogP contribution in [0.1, 0.15) is 49.8 Å². The molecule has 3 unspecified atom stereocenters. The maximum Gasteiger partial charge on any atom is 0.116 e. The lowest BCUT2D eigenvalue weighted by Crippen LogP contribution is -2.47. The Morgan fingerprint density at radius 3 is 2.28 bits per heavy atom. The molecule has 25 heavy (non-hydrogen) atoms. The zero-order chi connectivity index (χ0) is 17.9. The predicted molar refractivity (Wildman–Crippen MR) is 105 cm³/mol. The van der Waals surface area contributed by atoms with Gasteiger partial charge in [-0.25, -0.2) is 0 Å². The summed E-state index contributed by atoms with van der Waals surface area (Å²) in [7, 11) is 2.23. The van der Waals surface area contributed by atoms with Crippen LogP contribution in [0.4, 0.5) is 0 Å². The molecule has 2 heteroatoms. The van der Waals surface area contributed by atoms with Gasteiger partial charge in [0.15, 0.2) is 0 Å². The molecule has 0 radical (unpaired) electrons. The summed E-state index contributed by atoms with van der Waals surface area (Å²) >= 11 is 0. The number of aryl methyl sites for hydroxylation is 1. The molecule has 0 bridgehead atoms. The van der Waals surface area contributed by atoms with Gasteiger partial charge in [-0.3, -0.25) is 0 Å². The minimum Gasteiger partial charge on any atom is -0.361 e. The van der Waals surface area contributed by atoms with Gasteiger partial charge < -0.3 is 9.64 Å². The lowest BCUT2D eigenvalue weighted by Gasteiger charge is -2.41. The van der Waals surface area contributed by atoms with Crippen LogP contribution < -0.4 is 0 Å². The van der Waals surface area contributed by atoms with Gasteiger partial charge in [0, 0.05) is 6.04 Å². The molecule has 1 aliphatic rings. The average molecular weight is 338 g/mol. The minimum absolute atomic E-state index is 0.178. The van der Waals surface area contributed by atoms with Crippen LogP contribution in [-0.2, 0) is 10.3 Å². The van der Waals surface area contributed by atoms with Crippen molar-refractivity contribution in [2.45, 2.75) is 57.8 Å². The number of benzene rings is 2. The average Bonchev–Trinajstić information content (AvgIpc) is 2.63. The largest absolute Gasteiger partial charge is 0.361 e. The summed E-state index contributed by atoms with van der Waals surface area (Å²) in [6, 6.07) is 19.9. The van der Waals surface area contributed by atoms with Crippen LogP contribution in [0.15, 0.2) is 54.6 Å². The molecule has 0 aromatic heterocycles. The number of nitrogens with zero attached hydrogens (tertiary/aromatic N) is 1. The zero-order valence-corrected chi connectivity index (χ0v) is 16.0. The third kappa shape index (κ3) is 3.96. The number of likely N-dealkylation sites (N-methyl/N-ethyl adjacent to an activating group) is 1. The molecule has 2 aromatic rings. The van der Waals surface area contributed by atoms with E-state index in [0.29, 0.717) is 6.04 Å². The molecule has 3 rings (SSSR count). The molecular formula is C23H31NO. The third-order valence-electron chi connectivity index (χ3n) is 5.72. The number of ether oxygens (including phenoxy) is 1. The van der Waals surface area contributed by atoms with Gasteiger partial charge in [-0.2, -0.15) is 0 Å². The summed E-state index contributed by atoms with van der Waals surface area (Å²) < 4.78 is 6.82. The second-order valence-corrected chi connectivity index (χ2v) is 7.63. The maximum absolute atomic E-state index is 6.82. The fraction of sp³-hybridized carbons (Fsp3) is 0.478. The topological polar surface area (TPSA) is 12.5 Å². The van der Waals surface area contributed by atoms with Crippen LogP contribution in [0.25, 0.3) is 0 Å². The molecule has 1 aliphatic heterocycles. The highest BCUT2D eigenvalue weighted by Crippen LogP contribution is 2.36. The summed E-state index contributed by atoms with van der Waals surface area (Å²) in [6.07, 6.45) is 4.00. The van der Waals surface area contributed by atoms with Crippen LogP contribution in [0.2, 0.25) is 0 Å². The minimum atomic E-state index is -0.438. The molecular weight excluding hydrogens is 306 g/mol. The smallest absolute Gasteiger partial charge is 0.116 e. The molecule has 3 atom stereocenters. The van der Waals surface area contributed by atoms with Gasteiger partial charge in [0.2, 0.25) is 0 Å². The zero-order valence-electron chi connectivity index (χ0n) is 16.0. The Balaban J connectivity index is 1.92. The van der Waals surface area contributed by atoms with Crippen molar-refractivity contribution in [3.05, 3.63) is 71.3 Å². The van der Waals surface area contributed by atoms with Crippen LogP contribution >= 0.6 is 0 Å². The number of hydrogen-bond donors (Lipinski definition) is 0. The van der Waals surface area contributed by atoms with E-state index in [1.807, 2.05) is 0 Å². The normalized spacial score (nSPS) is 22.3. The highest BCUT2D eigenvalue weighted by Gasteiger charge is 2.35. The van der Waals surface area contributed by atoms with Gasteiger partial charge in [0.25, 0.3) is 0 Å². The van der Waals surface area contributed by atoms with Crippen LogP contribution in [0, 0.1) is 6.92 Å². The van der Waals surface area contributed by atoms with Crippen LogP contribution in [0.3, 0.4) is 0 Å². The standard InChI is InChI=1S/C23H31NO/c1-18-13-15-21(16-14-18)23(3,20-10-6-5-7-11-20)25-19(2)22-12-8-9-17-24(22)4/h5-7,10-11,13-16,19,22H,8-9,12,17H2,1-4H3. The van der Waals surface area contributed by atoms with E-state index < -0.39 is 5.60 Å². The fourth-order valence-electron chi connectivity index (χ4n) is 4.07. The number of rotatable bonds is 5. The van der Waals surface area contributed by atoms with Crippen molar-refractivity contribution < 1.29 is 4.74 Å².